The standard InChI is InChI=1S/C20H19FN2O4/c1-27-18(24)11-22-19(25)13-4-8-15(9-5-13)23-20(26)17-10-16(17)12-2-6-14(21)7-3-12/h2-9,16-17H,10-11H2,1H3,(H,22,25)(H,23,26)/t16-,17-/m1/s1. The van der Waals surface area contributed by atoms with Crippen LogP contribution in [0.2, 0.25) is 0 Å². The highest BCUT2D eigenvalue weighted by atomic mass is 19.1. The molecule has 2 N–H and O–H groups in total. The van der Waals surface area contributed by atoms with Crippen molar-refractivity contribution in [1.29, 1.82) is 0 Å². The Kier molecular flexibility index (Phi) is 5.49. The van der Waals surface area contributed by atoms with Crippen LogP contribution in [0.5, 0.6) is 0 Å². The molecule has 0 radical (unpaired) electrons. The molecule has 0 saturated heterocycles. The predicted molar refractivity (Wildman–Crippen MR) is 96.7 cm³/mol. The van der Waals surface area contributed by atoms with Crippen LogP contribution in [0.1, 0.15) is 28.3 Å². The molecule has 0 aromatic heterocycles. The van der Waals surface area contributed by atoms with Crippen LogP contribution in [0, 0.1) is 11.7 Å². The second kappa shape index (κ2) is 7.99. The van der Waals surface area contributed by atoms with Gasteiger partial charge in [0.15, 0.2) is 0 Å². The van der Waals surface area contributed by atoms with E-state index in [1.165, 1.54) is 19.2 Å². The number of amides is 2. The summed E-state index contributed by atoms with van der Waals surface area (Å²) in [5.74, 6) is -1.37. The van der Waals surface area contributed by atoms with E-state index < -0.39 is 11.9 Å². The topological polar surface area (TPSA) is 84.5 Å². The third-order valence-corrected chi connectivity index (χ3v) is 4.46. The van der Waals surface area contributed by atoms with E-state index >= 15 is 0 Å². The lowest BCUT2D eigenvalue weighted by atomic mass is 10.1. The van der Waals surface area contributed by atoms with E-state index in [2.05, 4.69) is 15.4 Å². The van der Waals surface area contributed by atoms with Gasteiger partial charge in [-0.25, -0.2) is 4.39 Å². The van der Waals surface area contributed by atoms with Crippen molar-refractivity contribution in [3.05, 3.63) is 65.5 Å². The molecule has 2 aromatic rings. The minimum atomic E-state index is -0.535. The second-order valence-electron chi connectivity index (χ2n) is 6.33. The van der Waals surface area contributed by atoms with Crippen LogP contribution in [0.4, 0.5) is 10.1 Å². The van der Waals surface area contributed by atoms with Gasteiger partial charge in [0.05, 0.1) is 7.11 Å². The van der Waals surface area contributed by atoms with E-state index in [-0.39, 0.29) is 30.1 Å². The number of rotatable bonds is 6. The molecule has 1 aliphatic rings. The van der Waals surface area contributed by atoms with Crippen molar-refractivity contribution in [2.75, 3.05) is 19.0 Å². The lowest BCUT2D eigenvalue weighted by Gasteiger charge is -2.07. The van der Waals surface area contributed by atoms with Gasteiger partial charge in [0.1, 0.15) is 12.4 Å². The monoisotopic (exact) mass is 370 g/mol. The van der Waals surface area contributed by atoms with Gasteiger partial charge in [-0.2, -0.15) is 0 Å². The molecule has 1 fully saturated rings. The minimum Gasteiger partial charge on any atom is -0.468 e. The molecule has 1 saturated carbocycles. The molecule has 2 atom stereocenters. The Morgan fingerprint density at radius 1 is 1.07 bits per heavy atom. The highest BCUT2D eigenvalue weighted by Gasteiger charge is 2.43. The van der Waals surface area contributed by atoms with Gasteiger partial charge in [-0.05, 0) is 54.3 Å². The number of benzene rings is 2. The van der Waals surface area contributed by atoms with Gasteiger partial charge in [-0.1, -0.05) is 12.1 Å². The summed E-state index contributed by atoms with van der Waals surface area (Å²) in [7, 11) is 1.24. The molecule has 1 aliphatic carbocycles. The van der Waals surface area contributed by atoms with E-state index in [4.69, 9.17) is 0 Å². The third-order valence-electron chi connectivity index (χ3n) is 4.46. The Labute approximate surface area is 155 Å². The van der Waals surface area contributed by atoms with Crippen molar-refractivity contribution in [2.24, 2.45) is 5.92 Å². The summed E-state index contributed by atoms with van der Waals surface area (Å²) in [6, 6.07) is 12.6. The zero-order valence-electron chi connectivity index (χ0n) is 14.7. The van der Waals surface area contributed by atoms with Crippen LogP contribution >= 0.6 is 0 Å². The molecule has 140 valence electrons. The fourth-order valence-electron chi connectivity index (χ4n) is 2.83. The zero-order valence-corrected chi connectivity index (χ0v) is 14.7. The first-order valence-electron chi connectivity index (χ1n) is 8.49. The van der Waals surface area contributed by atoms with Gasteiger partial charge in [0, 0.05) is 17.2 Å². The lowest BCUT2D eigenvalue weighted by molar-refractivity contribution is -0.139. The molecule has 2 amide bonds. The summed E-state index contributed by atoms with van der Waals surface area (Å²) in [6.07, 6.45) is 0.728. The fraction of sp³-hybridized carbons (Fsp3) is 0.250. The molecule has 6 nitrogen and oxygen atoms in total. The first kappa shape index (κ1) is 18.6. The summed E-state index contributed by atoms with van der Waals surface area (Å²) < 4.78 is 17.4. The number of methoxy groups -OCH3 is 1. The van der Waals surface area contributed by atoms with Crippen molar-refractivity contribution in [3.63, 3.8) is 0 Å². The first-order chi connectivity index (χ1) is 13.0. The molecule has 0 aliphatic heterocycles. The molecular weight excluding hydrogens is 351 g/mol. The maximum absolute atomic E-state index is 13.0. The number of ether oxygens (including phenoxy) is 1. The Morgan fingerprint density at radius 2 is 1.74 bits per heavy atom. The summed E-state index contributed by atoms with van der Waals surface area (Å²) in [5.41, 5.74) is 1.90. The Morgan fingerprint density at radius 3 is 2.37 bits per heavy atom. The molecular formula is C20H19FN2O4. The van der Waals surface area contributed by atoms with Crippen LogP contribution in [-0.4, -0.2) is 31.4 Å². The van der Waals surface area contributed by atoms with Gasteiger partial charge in [-0.15, -0.1) is 0 Å². The van der Waals surface area contributed by atoms with Crippen LogP contribution in [0.3, 0.4) is 0 Å². The van der Waals surface area contributed by atoms with Crippen LogP contribution in [-0.2, 0) is 14.3 Å². The summed E-state index contributed by atoms with van der Waals surface area (Å²) >= 11 is 0. The number of nitrogens with one attached hydrogen (secondary N) is 2. The Balaban J connectivity index is 1.52. The predicted octanol–water partition coefficient (Wildman–Crippen LogP) is 2.47. The molecule has 0 unspecified atom stereocenters. The normalized spacial score (nSPS) is 17.7. The van der Waals surface area contributed by atoms with E-state index in [0.717, 1.165) is 12.0 Å². The van der Waals surface area contributed by atoms with Gasteiger partial charge in [0.25, 0.3) is 5.91 Å². The fourth-order valence-corrected chi connectivity index (χ4v) is 2.83. The number of carbonyl (C=O) groups is 3. The van der Waals surface area contributed by atoms with Crippen LogP contribution in [0.15, 0.2) is 48.5 Å². The molecule has 0 heterocycles. The average Bonchev–Trinajstić information content (AvgIpc) is 3.48. The Bertz CT molecular complexity index is 849. The number of halogens is 1. The number of carbonyl (C=O) groups excluding carboxylic acids is 3. The third kappa shape index (κ3) is 4.69. The number of esters is 1. The van der Waals surface area contributed by atoms with Crippen molar-refractivity contribution >= 4 is 23.5 Å². The lowest BCUT2D eigenvalue weighted by Crippen LogP contribution is -2.30. The number of hydrogen-bond acceptors (Lipinski definition) is 4. The number of hydrogen-bond donors (Lipinski definition) is 2. The maximum Gasteiger partial charge on any atom is 0.325 e. The van der Waals surface area contributed by atoms with E-state index in [1.807, 2.05) is 0 Å². The zero-order chi connectivity index (χ0) is 19.4. The highest BCUT2D eigenvalue weighted by molar-refractivity contribution is 5.98. The van der Waals surface area contributed by atoms with Crippen molar-refractivity contribution in [1.82, 2.24) is 5.32 Å². The smallest absolute Gasteiger partial charge is 0.325 e. The van der Waals surface area contributed by atoms with Crippen molar-refractivity contribution in [2.45, 2.75) is 12.3 Å². The number of anilines is 1. The molecule has 27 heavy (non-hydrogen) atoms. The average molecular weight is 370 g/mol. The van der Waals surface area contributed by atoms with Gasteiger partial charge in [0.2, 0.25) is 5.91 Å². The largest absolute Gasteiger partial charge is 0.468 e. The molecule has 0 bridgehead atoms. The van der Waals surface area contributed by atoms with Gasteiger partial charge >= 0.3 is 5.97 Å². The summed E-state index contributed by atoms with van der Waals surface area (Å²) in [5, 5.41) is 5.26. The first-order valence-corrected chi connectivity index (χ1v) is 8.49. The van der Waals surface area contributed by atoms with Crippen LogP contribution < -0.4 is 10.6 Å². The highest BCUT2D eigenvalue weighted by Crippen LogP contribution is 2.47. The maximum atomic E-state index is 13.0. The second-order valence-corrected chi connectivity index (χ2v) is 6.33. The molecule has 2 aromatic carbocycles. The quantitative estimate of drug-likeness (QED) is 0.765. The van der Waals surface area contributed by atoms with Gasteiger partial charge in [-0.3, -0.25) is 14.4 Å². The van der Waals surface area contributed by atoms with E-state index in [1.54, 1.807) is 36.4 Å². The van der Waals surface area contributed by atoms with E-state index in [9.17, 15) is 18.8 Å². The SMILES string of the molecule is COC(=O)CNC(=O)c1ccc(NC(=O)[C@@H]2C[C@@H]2c2ccc(F)cc2)cc1. The Hall–Kier alpha value is -3.22. The van der Waals surface area contributed by atoms with Crippen LogP contribution in [0.25, 0.3) is 0 Å². The molecule has 3 rings (SSSR count). The molecule has 7 heteroatoms. The van der Waals surface area contributed by atoms with Crippen molar-refractivity contribution in [3.8, 4) is 0 Å². The molecule has 0 spiro atoms. The van der Waals surface area contributed by atoms with E-state index in [0.29, 0.717) is 11.3 Å². The summed E-state index contributed by atoms with van der Waals surface area (Å²) in [4.78, 5) is 35.3. The minimum absolute atomic E-state index is 0.104. The summed E-state index contributed by atoms with van der Waals surface area (Å²) in [6.45, 7) is -0.208. The van der Waals surface area contributed by atoms with Gasteiger partial charge < -0.3 is 15.4 Å². The van der Waals surface area contributed by atoms with Crippen molar-refractivity contribution < 1.29 is 23.5 Å².